The van der Waals surface area contributed by atoms with E-state index in [1.165, 1.54) is 32.5 Å². The summed E-state index contributed by atoms with van der Waals surface area (Å²) < 4.78 is 0. The highest BCUT2D eigenvalue weighted by Crippen LogP contribution is 2.16. The van der Waals surface area contributed by atoms with Crippen molar-refractivity contribution < 1.29 is 0 Å². The Kier molecular flexibility index (Phi) is 5.31. The molecule has 2 N–H and O–H groups in total. The summed E-state index contributed by atoms with van der Waals surface area (Å²) in [6, 6.07) is 6.82. The highest BCUT2D eigenvalue weighted by Gasteiger charge is 2.21. The lowest BCUT2D eigenvalue weighted by Gasteiger charge is -2.36. The lowest BCUT2D eigenvalue weighted by atomic mass is 10.0. The molecule has 0 aliphatic carbocycles. The molecule has 2 heterocycles. The summed E-state index contributed by atoms with van der Waals surface area (Å²) in [6.07, 6.45) is 2.53. The van der Waals surface area contributed by atoms with Crippen LogP contribution in [-0.4, -0.2) is 47.5 Å². The molecule has 1 saturated heterocycles. The van der Waals surface area contributed by atoms with E-state index in [2.05, 4.69) is 40.9 Å². The number of piperidine rings is 1. The Morgan fingerprint density at radius 3 is 2.63 bits per heavy atom. The summed E-state index contributed by atoms with van der Waals surface area (Å²) in [6.45, 7) is 7.31. The zero-order chi connectivity index (χ0) is 13.7. The molecule has 1 aliphatic heterocycles. The van der Waals surface area contributed by atoms with E-state index in [0.29, 0.717) is 12.6 Å². The number of pyridine rings is 1. The van der Waals surface area contributed by atoms with E-state index >= 15 is 0 Å². The van der Waals surface area contributed by atoms with Gasteiger partial charge in [0.2, 0.25) is 0 Å². The summed E-state index contributed by atoms with van der Waals surface area (Å²) in [5.74, 6) is 0. The van der Waals surface area contributed by atoms with E-state index in [4.69, 9.17) is 5.73 Å². The number of hydrogen-bond donors (Lipinski definition) is 1. The Labute approximate surface area is 116 Å². The van der Waals surface area contributed by atoms with E-state index in [0.717, 1.165) is 17.9 Å². The Hall–Kier alpha value is -0.970. The van der Waals surface area contributed by atoms with Gasteiger partial charge in [0, 0.05) is 19.1 Å². The van der Waals surface area contributed by atoms with Gasteiger partial charge in [-0.05, 0) is 51.7 Å². The van der Waals surface area contributed by atoms with Gasteiger partial charge in [0.15, 0.2) is 0 Å². The summed E-state index contributed by atoms with van der Waals surface area (Å²) >= 11 is 0. The van der Waals surface area contributed by atoms with E-state index in [1.807, 2.05) is 6.07 Å². The first-order valence-corrected chi connectivity index (χ1v) is 7.30. The first-order chi connectivity index (χ1) is 9.22. The van der Waals surface area contributed by atoms with Crippen molar-refractivity contribution >= 4 is 0 Å². The summed E-state index contributed by atoms with van der Waals surface area (Å²) in [5, 5.41) is 0. The van der Waals surface area contributed by atoms with Crippen molar-refractivity contribution in [2.75, 3.05) is 26.7 Å². The Morgan fingerprint density at radius 2 is 2.00 bits per heavy atom. The third kappa shape index (κ3) is 4.00. The Morgan fingerprint density at radius 1 is 1.32 bits per heavy atom. The zero-order valence-corrected chi connectivity index (χ0v) is 12.2. The number of hydrogen-bond acceptors (Lipinski definition) is 4. The van der Waals surface area contributed by atoms with Crippen LogP contribution in [0.4, 0.5) is 0 Å². The second-order valence-electron chi connectivity index (χ2n) is 5.40. The molecular formula is C15H26N4. The molecule has 0 amide bonds. The van der Waals surface area contributed by atoms with Gasteiger partial charge >= 0.3 is 0 Å². The monoisotopic (exact) mass is 262 g/mol. The Bertz CT molecular complexity index is 385. The fraction of sp³-hybridized carbons (Fsp3) is 0.667. The molecule has 1 fully saturated rings. The topological polar surface area (TPSA) is 45.4 Å². The normalized spacial score (nSPS) is 18.1. The van der Waals surface area contributed by atoms with Crippen LogP contribution in [0.15, 0.2) is 18.2 Å². The molecule has 0 atom stereocenters. The van der Waals surface area contributed by atoms with Gasteiger partial charge in [-0.3, -0.25) is 9.88 Å². The molecule has 4 heteroatoms. The molecule has 4 nitrogen and oxygen atoms in total. The number of nitrogens with zero attached hydrogens (tertiary/aromatic N) is 3. The highest BCUT2D eigenvalue weighted by molar-refractivity contribution is 5.11. The highest BCUT2D eigenvalue weighted by atomic mass is 15.2. The molecule has 2 rings (SSSR count). The van der Waals surface area contributed by atoms with Crippen molar-refractivity contribution in [1.29, 1.82) is 0 Å². The van der Waals surface area contributed by atoms with Crippen molar-refractivity contribution in [3.8, 4) is 0 Å². The first kappa shape index (κ1) is 14.4. The average Bonchev–Trinajstić information content (AvgIpc) is 2.47. The molecule has 1 aromatic heterocycles. The van der Waals surface area contributed by atoms with Crippen LogP contribution in [0.1, 0.15) is 31.2 Å². The third-order valence-electron chi connectivity index (χ3n) is 4.11. The fourth-order valence-corrected chi connectivity index (χ4v) is 2.79. The lowest BCUT2D eigenvalue weighted by molar-refractivity contribution is 0.126. The number of aromatic nitrogens is 1. The van der Waals surface area contributed by atoms with Gasteiger partial charge < -0.3 is 10.6 Å². The molecule has 0 spiro atoms. The van der Waals surface area contributed by atoms with Crippen molar-refractivity contribution in [3.05, 3.63) is 29.6 Å². The van der Waals surface area contributed by atoms with Crippen LogP contribution in [-0.2, 0) is 13.1 Å². The largest absolute Gasteiger partial charge is 0.325 e. The van der Waals surface area contributed by atoms with Gasteiger partial charge in [0.25, 0.3) is 0 Å². The molecule has 0 unspecified atom stereocenters. The van der Waals surface area contributed by atoms with Crippen LogP contribution >= 0.6 is 0 Å². The van der Waals surface area contributed by atoms with Crippen molar-refractivity contribution in [2.24, 2.45) is 5.73 Å². The van der Waals surface area contributed by atoms with Gasteiger partial charge in [-0.1, -0.05) is 13.0 Å². The fourth-order valence-electron chi connectivity index (χ4n) is 2.79. The standard InChI is InChI=1S/C15H26N4/c1-3-19-9-7-15(8-10-19)18(2)12-14-6-4-5-13(11-16)17-14/h4-6,15H,3,7-12,16H2,1-2H3. The zero-order valence-electron chi connectivity index (χ0n) is 12.2. The quantitative estimate of drug-likeness (QED) is 0.872. The minimum absolute atomic E-state index is 0.520. The molecule has 0 aromatic carbocycles. The molecule has 1 aromatic rings. The Balaban J connectivity index is 1.88. The maximum atomic E-state index is 5.64. The first-order valence-electron chi connectivity index (χ1n) is 7.30. The third-order valence-corrected chi connectivity index (χ3v) is 4.11. The van der Waals surface area contributed by atoms with E-state index in [1.54, 1.807) is 0 Å². The molecule has 1 aliphatic rings. The molecular weight excluding hydrogens is 236 g/mol. The van der Waals surface area contributed by atoms with Crippen LogP contribution < -0.4 is 5.73 Å². The number of rotatable bonds is 5. The van der Waals surface area contributed by atoms with Crippen LogP contribution in [0.2, 0.25) is 0 Å². The van der Waals surface area contributed by atoms with Gasteiger partial charge in [-0.2, -0.15) is 0 Å². The van der Waals surface area contributed by atoms with E-state index in [9.17, 15) is 0 Å². The summed E-state index contributed by atoms with van der Waals surface area (Å²) in [5.41, 5.74) is 7.75. The second-order valence-corrected chi connectivity index (χ2v) is 5.40. The maximum Gasteiger partial charge on any atom is 0.0547 e. The number of likely N-dealkylation sites (tertiary alicyclic amines) is 1. The second kappa shape index (κ2) is 6.98. The van der Waals surface area contributed by atoms with E-state index < -0.39 is 0 Å². The number of nitrogens with two attached hydrogens (primary N) is 1. The van der Waals surface area contributed by atoms with Crippen LogP contribution in [0.25, 0.3) is 0 Å². The van der Waals surface area contributed by atoms with Gasteiger partial charge in [0.1, 0.15) is 0 Å². The molecule has 106 valence electrons. The van der Waals surface area contributed by atoms with Gasteiger partial charge in [-0.25, -0.2) is 0 Å². The minimum atomic E-state index is 0.520. The predicted octanol–water partition coefficient (Wildman–Crippen LogP) is 1.46. The minimum Gasteiger partial charge on any atom is -0.325 e. The predicted molar refractivity (Wildman–Crippen MR) is 78.7 cm³/mol. The van der Waals surface area contributed by atoms with Gasteiger partial charge in [0.05, 0.1) is 11.4 Å². The summed E-state index contributed by atoms with van der Waals surface area (Å²) in [4.78, 5) is 9.55. The van der Waals surface area contributed by atoms with Crippen molar-refractivity contribution in [2.45, 2.75) is 38.9 Å². The van der Waals surface area contributed by atoms with Crippen molar-refractivity contribution in [1.82, 2.24) is 14.8 Å². The van der Waals surface area contributed by atoms with Crippen LogP contribution in [0.5, 0.6) is 0 Å². The molecule has 0 saturated carbocycles. The molecule has 19 heavy (non-hydrogen) atoms. The van der Waals surface area contributed by atoms with Crippen LogP contribution in [0.3, 0.4) is 0 Å². The van der Waals surface area contributed by atoms with E-state index in [-0.39, 0.29) is 0 Å². The molecule has 0 radical (unpaired) electrons. The lowest BCUT2D eigenvalue weighted by Crippen LogP contribution is -2.43. The van der Waals surface area contributed by atoms with Crippen molar-refractivity contribution in [3.63, 3.8) is 0 Å². The van der Waals surface area contributed by atoms with Gasteiger partial charge in [-0.15, -0.1) is 0 Å². The molecule has 0 bridgehead atoms. The smallest absolute Gasteiger partial charge is 0.0547 e. The summed E-state index contributed by atoms with van der Waals surface area (Å²) in [7, 11) is 2.21. The maximum absolute atomic E-state index is 5.64. The SMILES string of the molecule is CCN1CCC(N(C)Cc2cccc(CN)n2)CC1. The van der Waals surface area contributed by atoms with Crippen LogP contribution in [0, 0.1) is 0 Å². The average molecular weight is 262 g/mol.